The maximum Gasteiger partial charge on any atom is 0.407 e. The normalized spacial score (nSPS) is 28.2. The number of fused-ring (bicyclic) bond motifs is 5. The van der Waals surface area contributed by atoms with Gasteiger partial charge in [-0.2, -0.15) is 0 Å². The third-order valence-corrected chi connectivity index (χ3v) is 12.8. The number of rotatable bonds is 11. The van der Waals surface area contributed by atoms with Crippen LogP contribution in [0.1, 0.15) is 133 Å². The number of nitrogens with one attached hydrogen (secondary N) is 2. The van der Waals surface area contributed by atoms with Crippen LogP contribution in [0.15, 0.2) is 52.7 Å². The lowest BCUT2D eigenvalue weighted by molar-refractivity contribution is -0.134. The van der Waals surface area contributed by atoms with Gasteiger partial charge in [-0.15, -0.1) is 0 Å². The number of hydrogen-bond donors (Lipinski definition) is 2. The number of likely N-dealkylation sites (tertiary alicyclic amines) is 2. The van der Waals surface area contributed by atoms with E-state index in [0.29, 0.717) is 61.1 Å². The highest BCUT2D eigenvalue weighted by Gasteiger charge is 2.43. The number of halogens is 1. The van der Waals surface area contributed by atoms with Crippen molar-refractivity contribution in [3.63, 3.8) is 0 Å². The molecule has 2 aromatic carbocycles. The monoisotopic (exact) mass is 830 g/mol. The van der Waals surface area contributed by atoms with Crippen LogP contribution in [-0.4, -0.2) is 96.7 Å². The van der Waals surface area contributed by atoms with E-state index in [0.717, 1.165) is 66.4 Å². The van der Waals surface area contributed by atoms with Crippen LogP contribution in [0.5, 0.6) is 0 Å². The Bertz CT molecular complexity index is 2630. The predicted molar refractivity (Wildman–Crippen MR) is 229 cm³/mol. The average Bonchev–Trinajstić information content (AvgIpc) is 4.16. The first kappa shape index (κ1) is 30.7. The number of aliphatic imine (C=N–C) groups is 2. The molecule has 0 aromatic heterocycles. The highest BCUT2D eigenvalue weighted by Crippen LogP contribution is 2.58. The molecule has 4 amide bonds. The molecule has 2 saturated heterocycles. The van der Waals surface area contributed by atoms with Gasteiger partial charge in [0.05, 0.1) is 29.0 Å². The van der Waals surface area contributed by atoms with E-state index in [2.05, 4.69) is 15.0 Å². The molecule has 4 heterocycles. The summed E-state index contributed by atoms with van der Waals surface area (Å²) in [6.07, 6.45) is 6.36. The van der Waals surface area contributed by atoms with E-state index in [1.54, 1.807) is 28.5 Å². The molecule has 0 spiro atoms. The number of hydrogen-bond acceptors (Lipinski definition) is 8. The van der Waals surface area contributed by atoms with Crippen molar-refractivity contribution >= 4 is 46.6 Å². The molecule has 60 heavy (non-hydrogen) atoms. The minimum Gasteiger partial charge on any atom is -0.453 e. The topological polar surface area (TPSA) is 142 Å². The van der Waals surface area contributed by atoms with E-state index < -0.39 is 79.4 Å². The summed E-state index contributed by atoms with van der Waals surface area (Å²) < 4.78 is 109. The second kappa shape index (κ2) is 17.0. The first-order chi connectivity index (χ1) is 32.7. The van der Waals surface area contributed by atoms with Crippen LogP contribution in [0.3, 0.4) is 0 Å². The lowest BCUT2D eigenvalue weighted by Gasteiger charge is -2.31. The number of carbonyl (C=O) groups is 4. The molecule has 6 atom stereocenters. The summed E-state index contributed by atoms with van der Waals surface area (Å²) in [4.78, 5) is 65.1. The molecule has 3 fully saturated rings. The number of methoxy groups -OCH3 is 2. The first-order valence-corrected chi connectivity index (χ1v) is 20.5. The van der Waals surface area contributed by atoms with Crippen molar-refractivity contribution in [1.82, 2.24) is 20.4 Å². The van der Waals surface area contributed by atoms with Gasteiger partial charge in [-0.1, -0.05) is 51.8 Å². The van der Waals surface area contributed by atoms with Gasteiger partial charge in [-0.25, -0.2) is 14.0 Å². The van der Waals surface area contributed by atoms with Crippen LogP contribution in [-0.2, 0) is 19.1 Å². The Balaban J connectivity index is 1.00. The number of carbonyl (C=O) groups excluding carboxylic acids is 4. The highest BCUT2D eigenvalue weighted by molar-refractivity contribution is 6.05. The molecule has 6 aliphatic rings. The summed E-state index contributed by atoms with van der Waals surface area (Å²) in [5.41, 5.74) is 7.82. The Morgan fingerprint density at radius 2 is 1.27 bits per heavy atom. The Kier molecular flexibility index (Phi) is 8.67. The quantitative estimate of drug-likeness (QED) is 0.235. The fourth-order valence-corrected chi connectivity index (χ4v) is 10.0. The summed E-state index contributed by atoms with van der Waals surface area (Å²) in [5.74, 6) is -7.59. The number of ether oxygens (including phenoxy) is 2. The highest BCUT2D eigenvalue weighted by atomic mass is 19.1. The molecular weight excluding hydrogens is 764 g/mol. The Hall–Kier alpha value is -5.33. The number of alkyl carbamates (subject to hydrolysis) is 2. The fraction of sp³-hybridized carbons (Fsp3) is 0.532. The van der Waals surface area contributed by atoms with Crippen molar-refractivity contribution < 1.29 is 46.7 Å². The van der Waals surface area contributed by atoms with E-state index in [1.165, 1.54) is 25.5 Å². The molecule has 2 aromatic rings. The van der Waals surface area contributed by atoms with Crippen molar-refractivity contribution in [1.29, 1.82) is 0 Å². The van der Waals surface area contributed by atoms with Crippen molar-refractivity contribution in [2.24, 2.45) is 21.8 Å². The second-order valence-corrected chi connectivity index (χ2v) is 16.5. The Labute approximate surface area is 365 Å². The third kappa shape index (κ3) is 7.64. The molecule has 0 radical (unpaired) electrons. The molecule has 2 N–H and O–H groups in total. The van der Waals surface area contributed by atoms with Crippen molar-refractivity contribution in [2.75, 3.05) is 27.3 Å². The summed E-state index contributed by atoms with van der Waals surface area (Å²) in [6, 6.07) is 1.80. The lowest BCUT2D eigenvalue weighted by Crippen LogP contribution is -2.53. The van der Waals surface area contributed by atoms with Gasteiger partial charge in [0, 0.05) is 66.3 Å². The summed E-state index contributed by atoms with van der Waals surface area (Å²) >= 11 is 0. The van der Waals surface area contributed by atoms with Gasteiger partial charge in [0.15, 0.2) is 0 Å². The SMILES string of the molecule is [2H]C([2H])([2H])C([2H])(C([2H])([2H])[2H])[C@]([2H])(NC(=O)OC)C(=O)N1CCC[C@H]1C1=NC=C(c2ccc(-c3ccc(C4=CN=C([C@@H]5CCCN5C(=O)[C@@]([2H])(NC(=O)OC)C([2H])(C)C)C4)c4c3C3CCC4C3)c(F)c2)C1. The van der Waals surface area contributed by atoms with E-state index in [9.17, 15) is 19.2 Å². The fourth-order valence-electron chi connectivity index (χ4n) is 10.0. The molecule has 4 aliphatic heterocycles. The second-order valence-electron chi connectivity index (χ2n) is 16.5. The van der Waals surface area contributed by atoms with Crippen LogP contribution < -0.4 is 10.6 Å². The molecule has 2 aliphatic carbocycles. The minimum absolute atomic E-state index is 0.0454. The van der Waals surface area contributed by atoms with Gasteiger partial charge in [0.25, 0.3) is 0 Å². The van der Waals surface area contributed by atoms with E-state index in [-0.39, 0.29) is 24.8 Å². The van der Waals surface area contributed by atoms with Gasteiger partial charge in [0.2, 0.25) is 11.8 Å². The standard InChI is InChI=1S/C47H57FN6O6/c1-25(2)42(51-46(57)59-5)44(55)53-17-7-9-38(53)36-21-30(23-49-36)27-13-14-33(35(48)20-27)34-16-15-32(40-28-11-12-29(19-28)41(34)40)31-22-37(50-24-31)39-10-8-18-54(39)45(56)43(26(3)4)52-47(58)60-6/h13-16,20,23-26,28-29,38-39,42-43H,7-12,17-19,21-22H2,1-6H3,(H,51,57)(H,52,58)/t28?,29?,38-,39-,42-,43-/m0/s1/i1D3,2D3,25D,26D,42D,43D. The van der Waals surface area contributed by atoms with Crippen LogP contribution >= 0.6 is 0 Å². The average molecular weight is 831 g/mol. The smallest absolute Gasteiger partial charge is 0.407 e. The predicted octanol–water partition coefficient (Wildman–Crippen LogP) is 7.97. The maximum atomic E-state index is 16.6. The minimum atomic E-state index is -3.81. The Morgan fingerprint density at radius 1 is 0.750 bits per heavy atom. The van der Waals surface area contributed by atoms with Gasteiger partial charge in [0.1, 0.15) is 17.9 Å². The van der Waals surface area contributed by atoms with Gasteiger partial charge in [-0.05, 0) is 114 Å². The zero-order chi connectivity index (χ0) is 51.1. The zero-order valence-corrected chi connectivity index (χ0v) is 34.2. The van der Waals surface area contributed by atoms with Crippen LogP contribution in [0.4, 0.5) is 14.0 Å². The van der Waals surface area contributed by atoms with E-state index in [1.807, 2.05) is 18.3 Å². The van der Waals surface area contributed by atoms with Crippen LogP contribution in [0.25, 0.3) is 22.3 Å². The molecule has 8 rings (SSSR count). The number of nitrogens with zero attached hydrogens (tertiary/aromatic N) is 4. The summed E-state index contributed by atoms with van der Waals surface area (Å²) in [5, 5.41) is 4.09. The summed E-state index contributed by atoms with van der Waals surface area (Å²) in [6.45, 7) is -4.40. The number of allylic oxidation sites excluding steroid dienone is 2. The molecule has 1 saturated carbocycles. The van der Waals surface area contributed by atoms with Crippen molar-refractivity contribution in [3.8, 4) is 11.1 Å². The van der Waals surface area contributed by atoms with Gasteiger partial charge < -0.3 is 29.9 Å². The third-order valence-electron chi connectivity index (χ3n) is 12.8. The summed E-state index contributed by atoms with van der Waals surface area (Å²) in [7, 11) is 2.02. The van der Waals surface area contributed by atoms with Crippen LogP contribution in [0.2, 0.25) is 0 Å². The number of amides is 4. The van der Waals surface area contributed by atoms with E-state index >= 15 is 4.39 Å². The molecule has 13 heteroatoms. The molecular formula is C47H57FN6O6. The van der Waals surface area contributed by atoms with E-state index in [4.69, 9.17) is 23.4 Å². The molecule has 2 unspecified atom stereocenters. The largest absolute Gasteiger partial charge is 0.453 e. The first-order valence-electron chi connectivity index (χ1n) is 25.5. The zero-order valence-electron chi connectivity index (χ0n) is 44.2. The molecule has 318 valence electrons. The Morgan fingerprint density at radius 3 is 1.82 bits per heavy atom. The van der Waals surface area contributed by atoms with Crippen LogP contribution in [0, 0.1) is 17.6 Å². The maximum absolute atomic E-state index is 16.6. The van der Waals surface area contributed by atoms with Gasteiger partial charge in [-0.3, -0.25) is 19.6 Å². The van der Waals surface area contributed by atoms with Crippen molar-refractivity contribution in [2.45, 2.75) is 121 Å². The van der Waals surface area contributed by atoms with Gasteiger partial charge >= 0.3 is 12.2 Å². The lowest BCUT2D eigenvalue weighted by atomic mass is 9.80. The number of benzene rings is 2. The molecule has 12 nitrogen and oxygen atoms in total. The van der Waals surface area contributed by atoms with Crippen molar-refractivity contribution in [3.05, 3.63) is 70.8 Å². The molecule has 2 bridgehead atoms.